The molecule has 0 atom stereocenters. The monoisotopic (exact) mass is 303 g/mol. The summed E-state index contributed by atoms with van der Waals surface area (Å²) < 4.78 is 34.6. The maximum Gasteiger partial charge on any atom is 0.387 e. The molecule has 0 aliphatic heterocycles. The molecular formula is C12H15F2N3O2S. The first-order chi connectivity index (χ1) is 9.58. The number of benzene rings is 1. The number of hydrogen-bond acceptors (Lipinski definition) is 4. The van der Waals surface area contributed by atoms with Gasteiger partial charge in [-0.3, -0.25) is 5.43 Å². The topological polar surface area (TPSA) is 54.9 Å². The molecule has 5 nitrogen and oxygen atoms in total. The van der Waals surface area contributed by atoms with Crippen LogP contribution in [-0.4, -0.2) is 31.6 Å². The summed E-state index contributed by atoms with van der Waals surface area (Å²) in [5.41, 5.74) is 2.87. The average molecular weight is 303 g/mol. The summed E-state index contributed by atoms with van der Waals surface area (Å²) >= 11 is 4.83. The Hall–Kier alpha value is -1.96. The molecular weight excluding hydrogens is 288 g/mol. The summed E-state index contributed by atoms with van der Waals surface area (Å²) in [6.45, 7) is -0.864. The van der Waals surface area contributed by atoms with E-state index in [-0.39, 0.29) is 11.5 Å². The van der Waals surface area contributed by atoms with Crippen LogP contribution in [0, 0.1) is 0 Å². The van der Waals surface area contributed by atoms with Crippen LogP contribution < -0.4 is 20.2 Å². The Morgan fingerprint density at radius 1 is 1.50 bits per heavy atom. The van der Waals surface area contributed by atoms with Gasteiger partial charge in [-0.05, 0) is 31.3 Å². The van der Waals surface area contributed by atoms with Gasteiger partial charge in [0.15, 0.2) is 16.6 Å². The number of rotatable bonds is 6. The van der Waals surface area contributed by atoms with Gasteiger partial charge in [-0.25, -0.2) is 0 Å². The first-order valence-electron chi connectivity index (χ1n) is 5.79. The smallest absolute Gasteiger partial charge is 0.387 e. The van der Waals surface area contributed by atoms with Crippen molar-refractivity contribution in [3.8, 4) is 11.5 Å². The second-order valence-electron chi connectivity index (χ2n) is 3.44. The lowest BCUT2D eigenvalue weighted by molar-refractivity contribution is -0.0515. The molecule has 1 aromatic carbocycles. The fourth-order valence-corrected chi connectivity index (χ4v) is 1.39. The van der Waals surface area contributed by atoms with E-state index in [1.165, 1.54) is 6.21 Å². The van der Waals surface area contributed by atoms with Crippen molar-refractivity contribution in [2.75, 3.05) is 13.7 Å². The van der Waals surface area contributed by atoms with Gasteiger partial charge in [-0.1, -0.05) is 6.07 Å². The molecule has 0 saturated heterocycles. The molecule has 1 rings (SSSR count). The summed E-state index contributed by atoms with van der Waals surface area (Å²) in [5, 5.41) is 6.79. The molecule has 1 aromatic rings. The highest BCUT2D eigenvalue weighted by molar-refractivity contribution is 7.80. The van der Waals surface area contributed by atoms with Crippen molar-refractivity contribution < 1.29 is 18.3 Å². The van der Waals surface area contributed by atoms with Crippen LogP contribution in [0.25, 0.3) is 0 Å². The molecule has 0 spiro atoms. The van der Waals surface area contributed by atoms with Gasteiger partial charge in [0.1, 0.15) is 0 Å². The van der Waals surface area contributed by atoms with Crippen LogP contribution in [0.1, 0.15) is 12.5 Å². The Bertz CT molecular complexity index is 484. The third-order valence-electron chi connectivity index (χ3n) is 2.11. The van der Waals surface area contributed by atoms with Crippen LogP contribution in [0.5, 0.6) is 11.5 Å². The van der Waals surface area contributed by atoms with Crippen molar-refractivity contribution in [3.63, 3.8) is 0 Å². The third-order valence-corrected chi connectivity index (χ3v) is 2.41. The van der Waals surface area contributed by atoms with Gasteiger partial charge < -0.3 is 14.8 Å². The Balaban J connectivity index is 2.98. The van der Waals surface area contributed by atoms with E-state index in [1.807, 2.05) is 0 Å². The Kier molecular flexibility index (Phi) is 6.65. The van der Waals surface area contributed by atoms with Gasteiger partial charge in [0, 0.05) is 12.6 Å². The van der Waals surface area contributed by atoms with Crippen LogP contribution in [-0.2, 0) is 0 Å². The minimum Gasteiger partial charge on any atom is -0.490 e. The highest BCUT2D eigenvalue weighted by Crippen LogP contribution is 2.31. The van der Waals surface area contributed by atoms with E-state index in [2.05, 4.69) is 20.6 Å². The van der Waals surface area contributed by atoms with Gasteiger partial charge in [-0.2, -0.15) is 13.9 Å². The third kappa shape index (κ3) is 4.96. The number of para-hydroxylation sites is 1. The molecule has 0 unspecified atom stereocenters. The molecule has 0 amide bonds. The van der Waals surface area contributed by atoms with E-state index in [1.54, 1.807) is 32.2 Å². The molecule has 20 heavy (non-hydrogen) atoms. The highest BCUT2D eigenvalue weighted by atomic mass is 32.1. The molecule has 110 valence electrons. The van der Waals surface area contributed by atoms with Gasteiger partial charge in [0.2, 0.25) is 0 Å². The van der Waals surface area contributed by atoms with E-state index >= 15 is 0 Å². The molecule has 0 heterocycles. The fraction of sp³-hybridized carbons (Fsp3) is 0.333. The standard InChI is InChI=1S/C12H15F2N3O2S/c1-3-18-9-6-4-5-8(10(9)19-11(13)14)7-16-17-12(20)15-2/h4-7,11H,3H2,1-2H3,(H2,15,17,20)/b16-7-. The summed E-state index contributed by atoms with van der Waals surface area (Å²) in [6.07, 6.45) is 1.32. The largest absolute Gasteiger partial charge is 0.490 e. The lowest BCUT2D eigenvalue weighted by Crippen LogP contribution is -2.28. The minimum atomic E-state index is -2.95. The van der Waals surface area contributed by atoms with Crippen LogP contribution in [0.3, 0.4) is 0 Å². The van der Waals surface area contributed by atoms with Crippen LogP contribution in [0.4, 0.5) is 8.78 Å². The second kappa shape index (κ2) is 8.26. The molecule has 2 N–H and O–H groups in total. The van der Waals surface area contributed by atoms with E-state index in [0.29, 0.717) is 17.3 Å². The molecule has 0 aliphatic rings. The maximum atomic E-state index is 12.5. The normalized spacial score (nSPS) is 10.7. The van der Waals surface area contributed by atoms with E-state index in [9.17, 15) is 8.78 Å². The predicted octanol–water partition coefficient (Wildman–Crippen LogP) is 2.11. The van der Waals surface area contributed by atoms with E-state index < -0.39 is 6.61 Å². The zero-order valence-electron chi connectivity index (χ0n) is 11.0. The average Bonchev–Trinajstić information content (AvgIpc) is 2.41. The fourth-order valence-electron chi connectivity index (χ4n) is 1.34. The highest BCUT2D eigenvalue weighted by Gasteiger charge is 2.14. The molecule has 0 saturated carbocycles. The van der Waals surface area contributed by atoms with Gasteiger partial charge >= 0.3 is 6.61 Å². The zero-order chi connectivity index (χ0) is 15.0. The Labute approximate surface area is 121 Å². The van der Waals surface area contributed by atoms with Crippen molar-refractivity contribution >= 4 is 23.5 Å². The number of thiocarbonyl (C=S) groups is 1. The van der Waals surface area contributed by atoms with Crippen molar-refractivity contribution in [2.45, 2.75) is 13.5 Å². The number of nitrogens with one attached hydrogen (secondary N) is 2. The summed E-state index contributed by atoms with van der Waals surface area (Å²) in [6, 6.07) is 4.78. The Morgan fingerprint density at radius 2 is 2.25 bits per heavy atom. The lowest BCUT2D eigenvalue weighted by atomic mass is 10.2. The number of halogens is 2. The van der Waals surface area contributed by atoms with Gasteiger partial charge in [0.25, 0.3) is 0 Å². The first kappa shape index (κ1) is 16.1. The molecule has 8 heteroatoms. The van der Waals surface area contributed by atoms with Gasteiger partial charge in [0.05, 0.1) is 12.8 Å². The quantitative estimate of drug-likeness (QED) is 0.479. The van der Waals surface area contributed by atoms with Crippen LogP contribution in [0.2, 0.25) is 0 Å². The molecule has 0 bridgehead atoms. The SMILES string of the molecule is CCOc1cccc(/C=N\NC(=S)NC)c1OC(F)F. The first-order valence-corrected chi connectivity index (χ1v) is 6.20. The molecule has 0 aromatic heterocycles. The van der Waals surface area contributed by atoms with Crippen molar-refractivity contribution in [3.05, 3.63) is 23.8 Å². The molecule has 0 fully saturated rings. The van der Waals surface area contributed by atoms with E-state index in [4.69, 9.17) is 17.0 Å². The predicted molar refractivity (Wildman–Crippen MR) is 76.6 cm³/mol. The Morgan fingerprint density at radius 3 is 2.85 bits per heavy atom. The lowest BCUT2D eigenvalue weighted by Gasteiger charge is -2.13. The summed E-state index contributed by atoms with van der Waals surface area (Å²) in [7, 11) is 1.63. The van der Waals surface area contributed by atoms with Crippen molar-refractivity contribution in [1.82, 2.24) is 10.7 Å². The van der Waals surface area contributed by atoms with Crippen molar-refractivity contribution in [1.29, 1.82) is 0 Å². The molecule has 0 radical (unpaired) electrons. The number of hydrogen-bond donors (Lipinski definition) is 2. The number of alkyl halides is 2. The number of nitrogens with zero attached hydrogens (tertiary/aromatic N) is 1. The molecule has 0 aliphatic carbocycles. The summed E-state index contributed by atoms with van der Waals surface area (Å²) in [5.74, 6) is 0.165. The zero-order valence-corrected chi connectivity index (χ0v) is 11.8. The number of ether oxygens (including phenoxy) is 2. The maximum absolute atomic E-state index is 12.5. The van der Waals surface area contributed by atoms with Crippen LogP contribution in [0.15, 0.2) is 23.3 Å². The van der Waals surface area contributed by atoms with E-state index in [0.717, 1.165) is 0 Å². The summed E-state index contributed by atoms with van der Waals surface area (Å²) in [4.78, 5) is 0. The minimum absolute atomic E-state index is 0.0646. The second-order valence-corrected chi connectivity index (χ2v) is 3.84. The van der Waals surface area contributed by atoms with Gasteiger partial charge in [-0.15, -0.1) is 0 Å². The van der Waals surface area contributed by atoms with Crippen LogP contribution >= 0.6 is 12.2 Å². The van der Waals surface area contributed by atoms with Crippen molar-refractivity contribution in [2.24, 2.45) is 5.10 Å². The number of hydrazone groups is 1.